The van der Waals surface area contributed by atoms with Crippen molar-refractivity contribution < 1.29 is 9.53 Å². The summed E-state index contributed by atoms with van der Waals surface area (Å²) in [5.74, 6) is 0.797. The minimum Gasteiger partial charge on any atom is -0.496 e. The van der Waals surface area contributed by atoms with Crippen molar-refractivity contribution in [1.82, 2.24) is 4.90 Å². The third-order valence-electron chi connectivity index (χ3n) is 4.20. The number of rotatable bonds is 7. The van der Waals surface area contributed by atoms with Crippen LogP contribution in [0.1, 0.15) is 31.0 Å². The van der Waals surface area contributed by atoms with Gasteiger partial charge in [-0.25, -0.2) is 0 Å². The summed E-state index contributed by atoms with van der Waals surface area (Å²) in [6, 6.07) is 15.3. The summed E-state index contributed by atoms with van der Waals surface area (Å²) in [6.07, 6.45) is 0. The molecule has 1 N–H and O–H groups in total. The lowest BCUT2D eigenvalue weighted by atomic mass is 10.0. The van der Waals surface area contributed by atoms with Crippen LogP contribution in [0.5, 0.6) is 5.75 Å². The Morgan fingerprint density at radius 3 is 2.33 bits per heavy atom. The second-order valence-corrected chi connectivity index (χ2v) is 5.71. The molecule has 2 aromatic carbocycles. The molecule has 2 rings (SSSR count). The van der Waals surface area contributed by atoms with Gasteiger partial charge in [-0.05, 0) is 49.3 Å². The summed E-state index contributed by atoms with van der Waals surface area (Å²) in [6.45, 7) is 7.73. The lowest BCUT2D eigenvalue weighted by Gasteiger charge is -2.29. The van der Waals surface area contributed by atoms with Gasteiger partial charge in [-0.3, -0.25) is 9.69 Å². The molecule has 4 nitrogen and oxygen atoms in total. The molecule has 4 heteroatoms. The van der Waals surface area contributed by atoms with Crippen molar-refractivity contribution in [3.63, 3.8) is 0 Å². The predicted octanol–water partition coefficient (Wildman–Crippen LogP) is 4.03. The number of methoxy groups -OCH3 is 1. The number of hydrogen-bond acceptors (Lipinski definition) is 3. The lowest BCUT2D eigenvalue weighted by Crippen LogP contribution is -2.37. The molecule has 128 valence electrons. The number of amides is 1. The summed E-state index contributed by atoms with van der Waals surface area (Å²) in [5, 5.41) is 3.05. The summed E-state index contributed by atoms with van der Waals surface area (Å²) in [5.41, 5.74) is 2.78. The normalized spacial score (nSPS) is 12.0. The zero-order chi connectivity index (χ0) is 17.5. The quantitative estimate of drug-likeness (QED) is 0.835. The molecule has 0 radical (unpaired) electrons. The van der Waals surface area contributed by atoms with E-state index in [2.05, 4.69) is 24.1 Å². The molecular formula is C20H26N2O2. The number of aryl methyl sites for hydroxylation is 1. The second-order valence-electron chi connectivity index (χ2n) is 5.71. The Morgan fingerprint density at radius 2 is 1.79 bits per heavy atom. The van der Waals surface area contributed by atoms with Crippen molar-refractivity contribution in [1.29, 1.82) is 0 Å². The first-order chi connectivity index (χ1) is 11.6. The van der Waals surface area contributed by atoms with Crippen LogP contribution in [0.3, 0.4) is 0 Å². The van der Waals surface area contributed by atoms with E-state index in [9.17, 15) is 4.79 Å². The molecule has 0 aromatic heterocycles. The summed E-state index contributed by atoms with van der Waals surface area (Å²) in [4.78, 5) is 15.1. The van der Waals surface area contributed by atoms with E-state index in [4.69, 9.17) is 4.74 Å². The zero-order valence-corrected chi connectivity index (χ0v) is 14.9. The molecule has 1 unspecified atom stereocenters. The van der Waals surface area contributed by atoms with Crippen molar-refractivity contribution >= 4 is 11.6 Å². The average molecular weight is 326 g/mol. The van der Waals surface area contributed by atoms with E-state index in [0.29, 0.717) is 0 Å². The van der Waals surface area contributed by atoms with Crippen molar-refractivity contribution in [2.24, 2.45) is 0 Å². The molecule has 1 amide bonds. The number of ether oxygens (including phenoxy) is 1. The van der Waals surface area contributed by atoms with E-state index in [-0.39, 0.29) is 11.9 Å². The Morgan fingerprint density at radius 1 is 1.12 bits per heavy atom. The van der Waals surface area contributed by atoms with Gasteiger partial charge in [0.25, 0.3) is 0 Å². The number of anilines is 1. The van der Waals surface area contributed by atoms with Crippen molar-refractivity contribution in [2.75, 3.05) is 25.5 Å². The molecule has 24 heavy (non-hydrogen) atoms. The van der Waals surface area contributed by atoms with E-state index in [1.54, 1.807) is 7.11 Å². The topological polar surface area (TPSA) is 41.6 Å². The molecular weight excluding hydrogens is 300 g/mol. The molecule has 0 aliphatic rings. The maximum absolute atomic E-state index is 13.0. The second kappa shape index (κ2) is 8.50. The number of likely N-dealkylation sites (N-methyl/N-ethyl adjacent to an activating group) is 1. The van der Waals surface area contributed by atoms with E-state index >= 15 is 0 Å². The number of hydrogen-bond donors (Lipinski definition) is 1. The van der Waals surface area contributed by atoms with Gasteiger partial charge in [0.1, 0.15) is 11.8 Å². The van der Waals surface area contributed by atoms with Crippen LogP contribution in [-0.4, -0.2) is 31.0 Å². The lowest BCUT2D eigenvalue weighted by molar-refractivity contribution is -0.121. The molecule has 0 aliphatic heterocycles. The maximum Gasteiger partial charge on any atom is 0.246 e. The highest BCUT2D eigenvalue weighted by Crippen LogP contribution is 2.25. The van der Waals surface area contributed by atoms with E-state index < -0.39 is 0 Å². The predicted molar refractivity (Wildman–Crippen MR) is 98.5 cm³/mol. The first-order valence-corrected chi connectivity index (χ1v) is 8.35. The van der Waals surface area contributed by atoms with Gasteiger partial charge in [0.05, 0.1) is 7.11 Å². The Labute approximate surface area is 144 Å². The average Bonchev–Trinajstić information content (AvgIpc) is 2.60. The number of benzene rings is 2. The van der Waals surface area contributed by atoms with Gasteiger partial charge in [0.2, 0.25) is 5.91 Å². The summed E-state index contributed by atoms with van der Waals surface area (Å²) < 4.78 is 5.27. The summed E-state index contributed by atoms with van der Waals surface area (Å²) in [7, 11) is 1.65. The standard InChI is InChI=1S/C20H26N2O2/c1-5-22(6-2)19(16-10-8-7-9-11-16)20(23)21-17-12-13-18(24-4)15(3)14-17/h7-14,19H,5-6H2,1-4H3,(H,21,23). The van der Waals surface area contributed by atoms with Crippen LogP contribution in [0.15, 0.2) is 48.5 Å². The van der Waals surface area contributed by atoms with Crippen LogP contribution in [0.25, 0.3) is 0 Å². The van der Waals surface area contributed by atoms with Gasteiger partial charge in [-0.1, -0.05) is 44.2 Å². The van der Waals surface area contributed by atoms with Gasteiger partial charge < -0.3 is 10.1 Å². The van der Waals surface area contributed by atoms with Crippen molar-refractivity contribution in [3.05, 3.63) is 59.7 Å². The Hall–Kier alpha value is -2.33. The van der Waals surface area contributed by atoms with Crippen molar-refractivity contribution in [2.45, 2.75) is 26.8 Å². The molecule has 1 atom stereocenters. The van der Waals surface area contributed by atoms with Gasteiger partial charge in [-0.2, -0.15) is 0 Å². The number of carbonyl (C=O) groups is 1. The highest BCUT2D eigenvalue weighted by molar-refractivity contribution is 5.95. The molecule has 0 aliphatic carbocycles. The van der Waals surface area contributed by atoms with E-state index in [0.717, 1.165) is 35.7 Å². The molecule has 0 fully saturated rings. The summed E-state index contributed by atoms with van der Waals surface area (Å²) >= 11 is 0. The largest absolute Gasteiger partial charge is 0.496 e. The van der Waals surface area contributed by atoms with Crippen LogP contribution in [0.4, 0.5) is 5.69 Å². The number of nitrogens with one attached hydrogen (secondary N) is 1. The van der Waals surface area contributed by atoms with Crippen molar-refractivity contribution in [3.8, 4) is 5.75 Å². The van der Waals surface area contributed by atoms with Crippen LogP contribution >= 0.6 is 0 Å². The van der Waals surface area contributed by atoms with Crippen LogP contribution in [0.2, 0.25) is 0 Å². The molecule has 0 saturated heterocycles. The fourth-order valence-electron chi connectivity index (χ4n) is 2.92. The first-order valence-electron chi connectivity index (χ1n) is 8.35. The smallest absolute Gasteiger partial charge is 0.246 e. The molecule has 0 spiro atoms. The molecule has 0 bridgehead atoms. The highest BCUT2D eigenvalue weighted by Gasteiger charge is 2.25. The minimum atomic E-state index is -0.302. The zero-order valence-electron chi connectivity index (χ0n) is 14.9. The van der Waals surface area contributed by atoms with E-state index in [1.165, 1.54) is 0 Å². The third kappa shape index (κ3) is 4.15. The van der Waals surface area contributed by atoms with Gasteiger partial charge >= 0.3 is 0 Å². The van der Waals surface area contributed by atoms with Crippen LogP contribution < -0.4 is 10.1 Å². The fraction of sp³-hybridized carbons (Fsp3) is 0.350. The Kier molecular flexibility index (Phi) is 6.38. The molecule has 0 heterocycles. The van der Waals surface area contributed by atoms with Gasteiger partial charge in [0.15, 0.2) is 0 Å². The van der Waals surface area contributed by atoms with Gasteiger partial charge in [-0.15, -0.1) is 0 Å². The van der Waals surface area contributed by atoms with E-state index in [1.807, 2.05) is 55.5 Å². The monoisotopic (exact) mass is 326 g/mol. The number of nitrogens with zero attached hydrogens (tertiary/aromatic N) is 1. The van der Waals surface area contributed by atoms with Crippen LogP contribution in [0, 0.1) is 6.92 Å². The number of carbonyl (C=O) groups excluding carboxylic acids is 1. The Balaban J connectivity index is 2.26. The molecule has 2 aromatic rings. The first kappa shape index (κ1) is 18.0. The molecule has 0 saturated carbocycles. The highest BCUT2D eigenvalue weighted by atomic mass is 16.5. The SMILES string of the molecule is CCN(CC)C(C(=O)Nc1ccc(OC)c(C)c1)c1ccccc1. The Bertz CT molecular complexity index is 667. The van der Waals surface area contributed by atoms with Crippen LogP contribution in [-0.2, 0) is 4.79 Å². The fourth-order valence-corrected chi connectivity index (χ4v) is 2.92. The van der Waals surface area contributed by atoms with Gasteiger partial charge in [0, 0.05) is 5.69 Å². The maximum atomic E-state index is 13.0. The minimum absolute atomic E-state index is 0.0190. The third-order valence-corrected chi connectivity index (χ3v) is 4.20.